The Morgan fingerprint density at radius 3 is 2.57 bits per heavy atom. The van der Waals surface area contributed by atoms with E-state index < -0.39 is 0 Å². The van der Waals surface area contributed by atoms with Gasteiger partial charge >= 0.3 is 0 Å². The fourth-order valence-corrected chi connectivity index (χ4v) is 3.33. The molecule has 0 spiro atoms. The molecule has 0 bridgehead atoms. The fourth-order valence-electron chi connectivity index (χ4n) is 1.93. The Morgan fingerprint density at radius 1 is 1.38 bits per heavy atom. The molecule has 1 aromatic rings. The summed E-state index contributed by atoms with van der Waals surface area (Å²) < 4.78 is 5.76. The first-order valence-electron chi connectivity index (χ1n) is 6.18. The molecule has 1 saturated heterocycles. The second-order valence-corrected chi connectivity index (χ2v) is 6.60. The van der Waals surface area contributed by atoms with Gasteiger partial charge in [0, 0.05) is 16.1 Å². The van der Waals surface area contributed by atoms with Crippen molar-refractivity contribution in [3.05, 3.63) is 27.1 Å². The Hall–Kier alpha value is -1.47. The van der Waals surface area contributed by atoms with Gasteiger partial charge in [-0.25, -0.2) is 0 Å². The van der Waals surface area contributed by atoms with Crippen molar-refractivity contribution in [1.29, 1.82) is 0 Å². The van der Waals surface area contributed by atoms with Gasteiger partial charge in [0.15, 0.2) is 11.5 Å². The number of thioether (sulfide) groups is 1. The molecule has 1 aliphatic heterocycles. The monoisotopic (exact) mass is 371 g/mol. The number of carbonyl (C=O) groups is 2. The summed E-state index contributed by atoms with van der Waals surface area (Å²) >= 11 is 4.17. The Bertz CT molecular complexity index is 642. The van der Waals surface area contributed by atoms with E-state index in [9.17, 15) is 14.7 Å². The van der Waals surface area contributed by atoms with Gasteiger partial charge in [0.25, 0.3) is 11.1 Å². The van der Waals surface area contributed by atoms with Crippen molar-refractivity contribution >= 4 is 44.9 Å². The Balaban J connectivity index is 2.44. The van der Waals surface area contributed by atoms with E-state index in [-0.39, 0.29) is 27.8 Å². The third-order valence-electron chi connectivity index (χ3n) is 2.92. The number of methoxy groups -OCH3 is 1. The summed E-state index contributed by atoms with van der Waals surface area (Å²) in [7, 11) is 1.44. The number of phenolic OH excluding ortho intramolecular Hbond substituents is 1. The minimum absolute atomic E-state index is 0.0722. The molecule has 1 fully saturated rings. The van der Waals surface area contributed by atoms with Crippen LogP contribution in [-0.4, -0.2) is 34.3 Å². The summed E-state index contributed by atoms with van der Waals surface area (Å²) in [6, 6.07) is 3.07. The maximum Gasteiger partial charge on any atom is 0.293 e. The second-order valence-electron chi connectivity index (χ2n) is 4.69. The van der Waals surface area contributed by atoms with Crippen molar-refractivity contribution in [2.24, 2.45) is 0 Å². The number of benzene rings is 1. The molecule has 0 saturated carbocycles. The zero-order valence-corrected chi connectivity index (χ0v) is 14.1. The van der Waals surface area contributed by atoms with Gasteiger partial charge in [0.1, 0.15) is 0 Å². The minimum Gasteiger partial charge on any atom is -0.504 e. The standard InChI is InChI=1S/C14H14BrNO4S/c1-7(2)16-13(18)11(21-14(16)19)5-8-4-9(15)6-10(20-3)12(8)17/h4-7,17H,1-3H3. The molecule has 0 radical (unpaired) electrons. The molecular weight excluding hydrogens is 358 g/mol. The van der Waals surface area contributed by atoms with Gasteiger partial charge in [-0.05, 0) is 43.8 Å². The third kappa shape index (κ3) is 3.08. The lowest BCUT2D eigenvalue weighted by Crippen LogP contribution is -2.34. The number of ether oxygens (including phenoxy) is 1. The van der Waals surface area contributed by atoms with Crippen LogP contribution in [0.2, 0.25) is 0 Å². The van der Waals surface area contributed by atoms with E-state index in [1.807, 2.05) is 0 Å². The first-order chi connectivity index (χ1) is 9.85. The van der Waals surface area contributed by atoms with Crippen molar-refractivity contribution in [2.45, 2.75) is 19.9 Å². The lowest BCUT2D eigenvalue weighted by molar-refractivity contribution is -0.123. The highest BCUT2D eigenvalue weighted by Gasteiger charge is 2.36. The van der Waals surface area contributed by atoms with Gasteiger partial charge in [0.05, 0.1) is 12.0 Å². The second kappa shape index (κ2) is 6.11. The first kappa shape index (κ1) is 15.9. The molecule has 0 atom stereocenters. The maximum absolute atomic E-state index is 12.2. The molecule has 5 nitrogen and oxygen atoms in total. The van der Waals surface area contributed by atoms with Gasteiger partial charge < -0.3 is 9.84 Å². The van der Waals surface area contributed by atoms with Crippen LogP contribution in [-0.2, 0) is 4.79 Å². The van der Waals surface area contributed by atoms with Gasteiger partial charge in [0.2, 0.25) is 0 Å². The van der Waals surface area contributed by atoms with E-state index in [0.717, 1.165) is 11.8 Å². The Labute approximate surface area is 135 Å². The van der Waals surface area contributed by atoms with Crippen LogP contribution in [0, 0.1) is 0 Å². The SMILES string of the molecule is COc1cc(Br)cc(C=C2SC(=O)N(C(C)C)C2=O)c1O. The molecule has 1 heterocycles. The first-order valence-corrected chi connectivity index (χ1v) is 7.79. The normalized spacial score (nSPS) is 17.2. The summed E-state index contributed by atoms with van der Waals surface area (Å²) in [5, 5.41) is 9.79. The molecule has 0 aliphatic carbocycles. The smallest absolute Gasteiger partial charge is 0.293 e. The average molecular weight is 372 g/mol. The van der Waals surface area contributed by atoms with Crippen LogP contribution in [0.1, 0.15) is 19.4 Å². The molecule has 21 heavy (non-hydrogen) atoms. The van der Waals surface area contributed by atoms with Crippen molar-refractivity contribution in [3.8, 4) is 11.5 Å². The number of carbonyl (C=O) groups excluding carboxylic acids is 2. The Morgan fingerprint density at radius 2 is 2.05 bits per heavy atom. The van der Waals surface area contributed by atoms with Crippen LogP contribution in [0.3, 0.4) is 0 Å². The van der Waals surface area contributed by atoms with Crippen molar-refractivity contribution < 1.29 is 19.4 Å². The number of hydrogen-bond donors (Lipinski definition) is 1. The molecule has 1 aromatic carbocycles. The fraction of sp³-hybridized carbons (Fsp3) is 0.286. The summed E-state index contributed by atoms with van der Waals surface area (Å²) in [4.78, 5) is 25.5. The van der Waals surface area contributed by atoms with Gasteiger partial charge in [-0.3, -0.25) is 14.5 Å². The largest absolute Gasteiger partial charge is 0.504 e. The number of halogens is 1. The molecule has 2 amide bonds. The minimum atomic E-state index is -0.349. The molecule has 0 aromatic heterocycles. The predicted molar refractivity (Wildman–Crippen MR) is 85.3 cm³/mol. The highest BCUT2D eigenvalue weighted by atomic mass is 79.9. The van der Waals surface area contributed by atoms with E-state index in [1.54, 1.807) is 26.0 Å². The lowest BCUT2D eigenvalue weighted by atomic mass is 10.1. The molecule has 7 heteroatoms. The average Bonchev–Trinajstić information content (AvgIpc) is 2.68. The highest BCUT2D eigenvalue weighted by Crippen LogP contribution is 2.38. The van der Waals surface area contributed by atoms with E-state index >= 15 is 0 Å². The number of amides is 2. The number of aromatic hydroxyl groups is 1. The molecule has 2 rings (SSSR count). The predicted octanol–water partition coefficient (Wildman–Crippen LogP) is 3.61. The number of nitrogens with zero attached hydrogens (tertiary/aromatic N) is 1. The number of imide groups is 1. The molecule has 112 valence electrons. The van der Waals surface area contributed by atoms with Crippen LogP contribution in [0.5, 0.6) is 11.5 Å². The van der Waals surface area contributed by atoms with Crippen molar-refractivity contribution in [3.63, 3.8) is 0 Å². The molecule has 1 N–H and O–H groups in total. The number of rotatable bonds is 3. The highest BCUT2D eigenvalue weighted by molar-refractivity contribution is 9.10. The van der Waals surface area contributed by atoms with Crippen LogP contribution < -0.4 is 4.74 Å². The molecule has 0 unspecified atom stereocenters. The molecular formula is C14H14BrNO4S. The van der Waals surface area contributed by atoms with Gasteiger partial charge in [-0.1, -0.05) is 15.9 Å². The van der Waals surface area contributed by atoms with Crippen LogP contribution in [0.25, 0.3) is 6.08 Å². The van der Waals surface area contributed by atoms with Crippen molar-refractivity contribution in [1.82, 2.24) is 4.90 Å². The maximum atomic E-state index is 12.2. The summed E-state index contributed by atoms with van der Waals surface area (Å²) in [5.41, 5.74) is 0.412. The van der Waals surface area contributed by atoms with Gasteiger partial charge in [-0.15, -0.1) is 0 Å². The summed E-state index contributed by atoms with van der Waals surface area (Å²) in [6.07, 6.45) is 1.50. The third-order valence-corrected chi connectivity index (χ3v) is 4.26. The van der Waals surface area contributed by atoms with E-state index in [2.05, 4.69) is 15.9 Å². The topological polar surface area (TPSA) is 66.8 Å². The van der Waals surface area contributed by atoms with Crippen LogP contribution in [0.15, 0.2) is 21.5 Å². The lowest BCUT2D eigenvalue weighted by Gasteiger charge is -2.16. The number of hydrogen-bond acceptors (Lipinski definition) is 5. The number of phenols is 1. The van der Waals surface area contributed by atoms with Crippen LogP contribution in [0.4, 0.5) is 4.79 Å². The summed E-state index contributed by atoms with van der Waals surface area (Å²) in [6.45, 7) is 3.55. The zero-order valence-electron chi connectivity index (χ0n) is 11.7. The van der Waals surface area contributed by atoms with Gasteiger partial charge in [-0.2, -0.15) is 0 Å². The summed E-state index contributed by atoms with van der Waals surface area (Å²) in [5.74, 6) is -0.130. The zero-order chi connectivity index (χ0) is 15.7. The molecule has 1 aliphatic rings. The van der Waals surface area contributed by atoms with E-state index in [0.29, 0.717) is 15.8 Å². The Kier molecular flexibility index (Phi) is 4.63. The quantitative estimate of drug-likeness (QED) is 0.822. The van der Waals surface area contributed by atoms with Crippen LogP contribution >= 0.6 is 27.7 Å². The van der Waals surface area contributed by atoms with E-state index in [4.69, 9.17) is 4.74 Å². The van der Waals surface area contributed by atoms with Crippen molar-refractivity contribution in [2.75, 3.05) is 7.11 Å². The van der Waals surface area contributed by atoms with E-state index in [1.165, 1.54) is 18.1 Å².